The van der Waals surface area contributed by atoms with Crippen LogP contribution in [0.1, 0.15) is 10.4 Å². The van der Waals surface area contributed by atoms with Crippen LogP contribution in [0.5, 0.6) is 5.75 Å². The molecule has 0 aromatic heterocycles. The Bertz CT molecular complexity index is 570. The van der Waals surface area contributed by atoms with Crippen LogP contribution in [-0.2, 0) is 0 Å². The highest BCUT2D eigenvalue weighted by atomic mass is 79.9. The second-order valence-corrected chi connectivity index (χ2v) is 4.85. The fourth-order valence-corrected chi connectivity index (χ4v) is 2.22. The lowest BCUT2D eigenvalue weighted by Crippen LogP contribution is -2.13. The van der Waals surface area contributed by atoms with Crippen LogP contribution in [-0.4, -0.2) is 19.4 Å². The third-order valence-corrected chi connectivity index (χ3v) is 3.32. The maximum atomic E-state index is 12.0. The Morgan fingerprint density at radius 1 is 1.21 bits per heavy atom. The first-order valence-corrected chi connectivity index (χ1v) is 6.65. The quantitative estimate of drug-likeness (QED) is 0.853. The fraction of sp³-hybridized carbons (Fsp3) is 0.133. The molecule has 0 bridgehead atoms. The van der Waals surface area contributed by atoms with E-state index in [9.17, 15) is 4.79 Å². The maximum Gasteiger partial charge on any atom is 0.181 e. The van der Waals surface area contributed by atoms with Crippen molar-refractivity contribution in [2.24, 2.45) is 0 Å². The Balaban J connectivity index is 2.02. The van der Waals surface area contributed by atoms with E-state index in [1.54, 1.807) is 25.3 Å². The Labute approximate surface area is 120 Å². The lowest BCUT2D eigenvalue weighted by Gasteiger charge is -2.07. The highest BCUT2D eigenvalue weighted by Crippen LogP contribution is 2.25. The van der Waals surface area contributed by atoms with Crippen molar-refractivity contribution in [1.29, 1.82) is 0 Å². The Morgan fingerprint density at radius 3 is 2.58 bits per heavy atom. The largest absolute Gasteiger partial charge is 0.496 e. The molecular formula is C15H14BrNO2. The Kier molecular flexibility index (Phi) is 4.58. The van der Waals surface area contributed by atoms with Gasteiger partial charge in [0.1, 0.15) is 5.75 Å². The average Bonchev–Trinajstić information content (AvgIpc) is 2.45. The molecule has 0 heterocycles. The van der Waals surface area contributed by atoms with Gasteiger partial charge in [0, 0.05) is 11.3 Å². The van der Waals surface area contributed by atoms with E-state index in [1.165, 1.54) is 0 Å². The SMILES string of the molecule is COc1ccc(C(=O)CNc2ccccc2)cc1Br. The standard InChI is InChI=1S/C15H14BrNO2/c1-19-15-8-7-11(9-13(15)16)14(18)10-17-12-5-3-2-4-6-12/h2-9,17H,10H2,1H3. The van der Waals surface area contributed by atoms with Gasteiger partial charge in [-0.1, -0.05) is 18.2 Å². The lowest BCUT2D eigenvalue weighted by molar-refractivity contribution is 0.101. The van der Waals surface area contributed by atoms with E-state index in [1.807, 2.05) is 30.3 Å². The van der Waals surface area contributed by atoms with Gasteiger partial charge in [-0.3, -0.25) is 4.79 Å². The topological polar surface area (TPSA) is 38.3 Å². The highest BCUT2D eigenvalue weighted by molar-refractivity contribution is 9.10. The molecule has 0 aliphatic rings. The number of para-hydroxylation sites is 1. The first kappa shape index (κ1) is 13.6. The van der Waals surface area contributed by atoms with Gasteiger partial charge in [0.15, 0.2) is 5.78 Å². The van der Waals surface area contributed by atoms with Crippen LogP contribution in [0.3, 0.4) is 0 Å². The summed E-state index contributed by atoms with van der Waals surface area (Å²) in [6, 6.07) is 15.0. The molecule has 0 spiro atoms. The van der Waals surface area contributed by atoms with Crippen LogP contribution in [0.15, 0.2) is 53.0 Å². The first-order valence-electron chi connectivity index (χ1n) is 5.86. The molecule has 0 saturated carbocycles. The summed E-state index contributed by atoms with van der Waals surface area (Å²) in [7, 11) is 1.60. The lowest BCUT2D eigenvalue weighted by atomic mass is 10.1. The predicted molar refractivity (Wildman–Crippen MR) is 80.0 cm³/mol. The van der Waals surface area contributed by atoms with Gasteiger partial charge in [0.2, 0.25) is 0 Å². The van der Waals surface area contributed by atoms with E-state index in [0.29, 0.717) is 11.3 Å². The van der Waals surface area contributed by atoms with Crippen molar-refractivity contribution < 1.29 is 9.53 Å². The number of methoxy groups -OCH3 is 1. The molecule has 1 N–H and O–H groups in total. The van der Waals surface area contributed by atoms with Gasteiger partial charge < -0.3 is 10.1 Å². The summed E-state index contributed by atoms with van der Waals surface area (Å²) in [4.78, 5) is 12.0. The number of Topliss-reactive ketones (excluding diaryl/α,β-unsaturated/α-hetero) is 1. The van der Waals surface area contributed by atoms with E-state index >= 15 is 0 Å². The zero-order chi connectivity index (χ0) is 13.7. The number of carbonyl (C=O) groups is 1. The minimum absolute atomic E-state index is 0.0345. The summed E-state index contributed by atoms with van der Waals surface area (Å²) in [6.07, 6.45) is 0. The molecule has 0 radical (unpaired) electrons. The normalized spacial score (nSPS) is 10.0. The Morgan fingerprint density at radius 2 is 1.95 bits per heavy atom. The maximum absolute atomic E-state index is 12.0. The van der Waals surface area contributed by atoms with Crippen molar-refractivity contribution in [1.82, 2.24) is 0 Å². The molecule has 0 aliphatic carbocycles. The third-order valence-electron chi connectivity index (χ3n) is 2.70. The molecule has 2 rings (SSSR count). The number of hydrogen-bond donors (Lipinski definition) is 1. The molecule has 0 amide bonds. The zero-order valence-electron chi connectivity index (χ0n) is 10.5. The van der Waals surface area contributed by atoms with Gasteiger partial charge in [-0.2, -0.15) is 0 Å². The summed E-state index contributed by atoms with van der Waals surface area (Å²) in [5, 5.41) is 3.09. The predicted octanol–water partition coefficient (Wildman–Crippen LogP) is 3.75. The molecule has 0 unspecified atom stereocenters. The second kappa shape index (κ2) is 6.38. The van der Waals surface area contributed by atoms with Gasteiger partial charge in [-0.05, 0) is 46.3 Å². The minimum Gasteiger partial charge on any atom is -0.496 e. The van der Waals surface area contributed by atoms with E-state index in [0.717, 1.165) is 10.2 Å². The van der Waals surface area contributed by atoms with E-state index in [-0.39, 0.29) is 12.3 Å². The van der Waals surface area contributed by atoms with E-state index < -0.39 is 0 Å². The number of ether oxygens (including phenoxy) is 1. The molecule has 98 valence electrons. The van der Waals surface area contributed by atoms with E-state index in [4.69, 9.17) is 4.74 Å². The van der Waals surface area contributed by atoms with Gasteiger partial charge >= 0.3 is 0 Å². The average molecular weight is 320 g/mol. The summed E-state index contributed by atoms with van der Waals surface area (Å²) >= 11 is 3.37. The zero-order valence-corrected chi connectivity index (χ0v) is 12.1. The number of rotatable bonds is 5. The van der Waals surface area contributed by atoms with Crippen molar-refractivity contribution in [2.75, 3.05) is 19.0 Å². The highest BCUT2D eigenvalue weighted by Gasteiger charge is 2.08. The van der Waals surface area contributed by atoms with Crippen molar-refractivity contribution in [3.05, 3.63) is 58.6 Å². The van der Waals surface area contributed by atoms with Crippen LogP contribution in [0.25, 0.3) is 0 Å². The number of halogens is 1. The van der Waals surface area contributed by atoms with Gasteiger partial charge in [-0.15, -0.1) is 0 Å². The smallest absolute Gasteiger partial charge is 0.181 e. The number of anilines is 1. The molecule has 3 nitrogen and oxygen atoms in total. The van der Waals surface area contributed by atoms with Crippen LogP contribution in [0.4, 0.5) is 5.69 Å². The number of ketones is 1. The minimum atomic E-state index is 0.0345. The summed E-state index contributed by atoms with van der Waals surface area (Å²) in [5.41, 5.74) is 1.58. The van der Waals surface area contributed by atoms with Crippen molar-refractivity contribution >= 4 is 27.4 Å². The Hall–Kier alpha value is -1.81. The number of benzene rings is 2. The molecule has 2 aromatic rings. The fourth-order valence-electron chi connectivity index (χ4n) is 1.68. The van der Waals surface area contributed by atoms with Crippen molar-refractivity contribution in [3.8, 4) is 5.75 Å². The third kappa shape index (κ3) is 3.58. The molecule has 0 aliphatic heterocycles. The van der Waals surface area contributed by atoms with Gasteiger partial charge in [0.05, 0.1) is 18.1 Å². The molecular weight excluding hydrogens is 306 g/mol. The second-order valence-electron chi connectivity index (χ2n) is 3.99. The van der Waals surface area contributed by atoms with Crippen LogP contribution >= 0.6 is 15.9 Å². The number of nitrogens with one attached hydrogen (secondary N) is 1. The number of carbonyl (C=O) groups excluding carboxylic acids is 1. The number of hydrogen-bond acceptors (Lipinski definition) is 3. The molecule has 19 heavy (non-hydrogen) atoms. The monoisotopic (exact) mass is 319 g/mol. The van der Waals surface area contributed by atoms with Gasteiger partial charge in [-0.25, -0.2) is 0 Å². The van der Waals surface area contributed by atoms with Crippen LogP contribution < -0.4 is 10.1 Å². The first-order chi connectivity index (χ1) is 9.20. The van der Waals surface area contributed by atoms with Crippen LogP contribution in [0.2, 0.25) is 0 Å². The van der Waals surface area contributed by atoms with Crippen molar-refractivity contribution in [3.63, 3.8) is 0 Å². The van der Waals surface area contributed by atoms with E-state index in [2.05, 4.69) is 21.2 Å². The molecule has 2 aromatic carbocycles. The molecule has 4 heteroatoms. The van der Waals surface area contributed by atoms with Crippen LogP contribution in [0, 0.1) is 0 Å². The summed E-state index contributed by atoms with van der Waals surface area (Å²) in [6.45, 7) is 0.267. The summed E-state index contributed by atoms with van der Waals surface area (Å²) < 4.78 is 5.91. The molecule has 0 saturated heterocycles. The van der Waals surface area contributed by atoms with Crippen molar-refractivity contribution in [2.45, 2.75) is 0 Å². The van der Waals surface area contributed by atoms with Gasteiger partial charge in [0.25, 0.3) is 0 Å². The molecule has 0 fully saturated rings. The summed E-state index contributed by atoms with van der Waals surface area (Å²) in [5.74, 6) is 0.750. The molecule has 0 atom stereocenters.